The van der Waals surface area contributed by atoms with Gasteiger partial charge in [0.2, 0.25) is 5.91 Å². The minimum Gasteiger partial charge on any atom is -0.396 e. The van der Waals surface area contributed by atoms with Crippen LogP contribution in [0.25, 0.3) is 0 Å². The Hall–Kier alpha value is -0.690. The fourth-order valence-corrected chi connectivity index (χ4v) is 0.866. The molecule has 6 heteroatoms. The van der Waals surface area contributed by atoms with Gasteiger partial charge in [0, 0.05) is 13.0 Å². The van der Waals surface area contributed by atoms with Gasteiger partial charge in [-0.2, -0.15) is 0 Å². The van der Waals surface area contributed by atoms with Crippen molar-refractivity contribution in [1.29, 1.82) is 0 Å². The molecule has 0 atom stereocenters. The Balaban J connectivity index is 4.08. The van der Waals surface area contributed by atoms with Crippen LogP contribution in [-0.2, 0) is 4.79 Å². The molecule has 0 heterocycles. The lowest BCUT2D eigenvalue weighted by atomic mass is 10.0. The summed E-state index contributed by atoms with van der Waals surface area (Å²) in [5.41, 5.74) is -1.37. The second kappa shape index (κ2) is 6.72. The van der Waals surface area contributed by atoms with E-state index in [0.29, 0.717) is 6.42 Å². The molecule has 0 spiro atoms. The summed E-state index contributed by atoms with van der Waals surface area (Å²) in [6.07, 6.45) is 0.405. The van der Waals surface area contributed by atoms with Crippen molar-refractivity contribution in [3.05, 3.63) is 0 Å². The predicted octanol–water partition coefficient (Wildman–Crippen LogP) is -2.41. The van der Waals surface area contributed by atoms with Gasteiger partial charge in [-0.25, -0.2) is 0 Å². The Labute approximate surface area is 82.2 Å². The van der Waals surface area contributed by atoms with Crippen LogP contribution in [-0.4, -0.2) is 58.3 Å². The predicted molar refractivity (Wildman–Crippen MR) is 48.5 cm³/mol. The van der Waals surface area contributed by atoms with Crippen LogP contribution < -0.4 is 5.32 Å². The van der Waals surface area contributed by atoms with Gasteiger partial charge in [0.25, 0.3) is 0 Å². The van der Waals surface area contributed by atoms with Crippen LogP contribution in [0.2, 0.25) is 0 Å². The van der Waals surface area contributed by atoms with Crippen molar-refractivity contribution < 1.29 is 25.2 Å². The number of rotatable bonds is 7. The van der Waals surface area contributed by atoms with Crippen molar-refractivity contribution >= 4 is 5.91 Å². The SMILES string of the molecule is O=C(CCCO)NC(CO)(CO)CO. The van der Waals surface area contributed by atoms with Gasteiger partial charge in [0.1, 0.15) is 5.54 Å². The molecule has 0 unspecified atom stereocenters. The van der Waals surface area contributed by atoms with E-state index in [2.05, 4.69) is 5.32 Å². The summed E-state index contributed by atoms with van der Waals surface area (Å²) in [4.78, 5) is 11.1. The van der Waals surface area contributed by atoms with Crippen molar-refractivity contribution in [2.45, 2.75) is 18.4 Å². The second-order valence-corrected chi connectivity index (χ2v) is 3.13. The molecule has 0 radical (unpaired) electrons. The lowest BCUT2D eigenvalue weighted by Gasteiger charge is -2.28. The van der Waals surface area contributed by atoms with Gasteiger partial charge < -0.3 is 25.7 Å². The number of aliphatic hydroxyl groups is 4. The van der Waals surface area contributed by atoms with Crippen molar-refractivity contribution in [1.82, 2.24) is 5.32 Å². The van der Waals surface area contributed by atoms with Gasteiger partial charge in [-0.05, 0) is 6.42 Å². The highest BCUT2D eigenvalue weighted by Crippen LogP contribution is 2.02. The molecule has 14 heavy (non-hydrogen) atoms. The molecular formula is C8H17NO5. The molecule has 5 N–H and O–H groups in total. The maximum Gasteiger partial charge on any atom is 0.220 e. The molecule has 0 aliphatic rings. The molecular weight excluding hydrogens is 190 g/mol. The number of aliphatic hydroxyl groups excluding tert-OH is 4. The molecule has 0 aromatic carbocycles. The van der Waals surface area contributed by atoms with Crippen LogP contribution in [0.1, 0.15) is 12.8 Å². The molecule has 0 aromatic heterocycles. The van der Waals surface area contributed by atoms with E-state index in [0.717, 1.165) is 0 Å². The Morgan fingerprint density at radius 3 is 1.93 bits per heavy atom. The molecule has 0 saturated carbocycles. The van der Waals surface area contributed by atoms with Crippen LogP contribution in [0, 0.1) is 0 Å². The maximum absolute atomic E-state index is 11.1. The standard InChI is InChI=1S/C8H17NO5/c10-3-1-2-7(14)9-8(4-11,5-12)6-13/h10-13H,1-6H2,(H,9,14). The lowest BCUT2D eigenvalue weighted by Crippen LogP contribution is -2.57. The zero-order chi connectivity index (χ0) is 11.0. The van der Waals surface area contributed by atoms with Gasteiger partial charge in [0.15, 0.2) is 0 Å². The third-order valence-corrected chi connectivity index (χ3v) is 1.87. The maximum atomic E-state index is 11.1. The third kappa shape index (κ3) is 4.01. The van der Waals surface area contributed by atoms with Gasteiger partial charge in [-0.15, -0.1) is 0 Å². The van der Waals surface area contributed by atoms with E-state index in [1.165, 1.54) is 0 Å². The highest BCUT2D eigenvalue weighted by Gasteiger charge is 2.29. The molecule has 0 aliphatic heterocycles. The summed E-state index contributed by atoms with van der Waals surface area (Å²) in [5, 5.41) is 37.4. The first-order chi connectivity index (χ1) is 6.64. The number of hydrogen-bond donors (Lipinski definition) is 5. The normalized spacial score (nSPS) is 11.4. The summed E-state index contributed by atoms with van der Waals surface area (Å²) in [6.45, 7) is -1.71. The molecule has 6 nitrogen and oxygen atoms in total. The largest absolute Gasteiger partial charge is 0.396 e. The fraction of sp³-hybridized carbons (Fsp3) is 0.875. The number of nitrogens with one attached hydrogen (secondary N) is 1. The molecule has 0 aliphatic carbocycles. The van der Waals surface area contributed by atoms with E-state index in [1.807, 2.05) is 0 Å². The van der Waals surface area contributed by atoms with Crippen LogP contribution in [0.3, 0.4) is 0 Å². The van der Waals surface area contributed by atoms with E-state index >= 15 is 0 Å². The molecule has 0 aromatic rings. The van der Waals surface area contributed by atoms with Gasteiger partial charge >= 0.3 is 0 Å². The van der Waals surface area contributed by atoms with E-state index < -0.39 is 31.3 Å². The lowest BCUT2D eigenvalue weighted by molar-refractivity contribution is -0.125. The van der Waals surface area contributed by atoms with Crippen molar-refractivity contribution in [2.75, 3.05) is 26.4 Å². The van der Waals surface area contributed by atoms with E-state index in [-0.39, 0.29) is 13.0 Å². The van der Waals surface area contributed by atoms with Crippen molar-refractivity contribution in [3.8, 4) is 0 Å². The summed E-state index contributed by atoms with van der Waals surface area (Å²) >= 11 is 0. The topological polar surface area (TPSA) is 110 Å². The summed E-state index contributed by atoms with van der Waals surface area (Å²) in [5.74, 6) is -0.420. The first-order valence-corrected chi connectivity index (χ1v) is 4.38. The Morgan fingerprint density at radius 1 is 1.07 bits per heavy atom. The average molecular weight is 207 g/mol. The quantitative estimate of drug-likeness (QED) is 0.319. The number of hydrogen-bond acceptors (Lipinski definition) is 5. The summed E-state index contributed by atoms with van der Waals surface area (Å²) < 4.78 is 0. The van der Waals surface area contributed by atoms with Crippen LogP contribution in [0.5, 0.6) is 0 Å². The highest BCUT2D eigenvalue weighted by atomic mass is 16.3. The number of amides is 1. The molecule has 84 valence electrons. The van der Waals surface area contributed by atoms with Crippen LogP contribution in [0.4, 0.5) is 0 Å². The third-order valence-electron chi connectivity index (χ3n) is 1.87. The monoisotopic (exact) mass is 207 g/mol. The van der Waals surface area contributed by atoms with E-state index in [9.17, 15) is 4.79 Å². The average Bonchev–Trinajstić information content (AvgIpc) is 2.23. The van der Waals surface area contributed by atoms with Gasteiger partial charge in [-0.1, -0.05) is 0 Å². The highest BCUT2D eigenvalue weighted by molar-refractivity contribution is 5.76. The van der Waals surface area contributed by atoms with Crippen LogP contribution in [0.15, 0.2) is 0 Å². The number of carbonyl (C=O) groups is 1. The zero-order valence-electron chi connectivity index (χ0n) is 7.94. The second-order valence-electron chi connectivity index (χ2n) is 3.13. The smallest absolute Gasteiger partial charge is 0.220 e. The molecule has 0 saturated heterocycles. The Kier molecular flexibility index (Phi) is 6.39. The minimum atomic E-state index is -1.37. The fourth-order valence-electron chi connectivity index (χ4n) is 0.866. The van der Waals surface area contributed by atoms with E-state index in [1.54, 1.807) is 0 Å². The molecule has 0 rings (SSSR count). The minimum absolute atomic E-state index is 0.0955. The zero-order valence-corrected chi connectivity index (χ0v) is 7.94. The van der Waals surface area contributed by atoms with Crippen LogP contribution >= 0.6 is 0 Å². The Morgan fingerprint density at radius 2 is 1.57 bits per heavy atom. The van der Waals surface area contributed by atoms with Gasteiger partial charge in [0.05, 0.1) is 19.8 Å². The first kappa shape index (κ1) is 13.3. The first-order valence-electron chi connectivity index (χ1n) is 4.38. The molecule has 1 amide bonds. The Bertz CT molecular complexity index is 161. The molecule has 0 fully saturated rings. The van der Waals surface area contributed by atoms with Crippen molar-refractivity contribution in [2.24, 2.45) is 0 Å². The summed E-state index contributed by atoms with van der Waals surface area (Å²) in [6, 6.07) is 0. The van der Waals surface area contributed by atoms with E-state index in [4.69, 9.17) is 20.4 Å². The number of carbonyl (C=O) groups excluding carboxylic acids is 1. The van der Waals surface area contributed by atoms with Gasteiger partial charge in [-0.3, -0.25) is 4.79 Å². The van der Waals surface area contributed by atoms with Crippen molar-refractivity contribution in [3.63, 3.8) is 0 Å². The molecule has 0 bridgehead atoms. The summed E-state index contributed by atoms with van der Waals surface area (Å²) in [7, 11) is 0.